The van der Waals surface area contributed by atoms with Gasteiger partial charge in [-0.1, -0.05) is 6.08 Å². The Morgan fingerprint density at radius 3 is 2.81 bits per heavy atom. The molecule has 0 aromatic heterocycles. The van der Waals surface area contributed by atoms with Crippen molar-refractivity contribution in [3.63, 3.8) is 0 Å². The Morgan fingerprint density at radius 1 is 1.62 bits per heavy atom. The fourth-order valence-electron chi connectivity index (χ4n) is 1.54. The van der Waals surface area contributed by atoms with Crippen LogP contribution in [0.4, 0.5) is 9.18 Å². The van der Waals surface area contributed by atoms with Gasteiger partial charge in [0.05, 0.1) is 12.4 Å². The van der Waals surface area contributed by atoms with Gasteiger partial charge < -0.3 is 10.1 Å². The van der Waals surface area contributed by atoms with Crippen molar-refractivity contribution in [2.75, 3.05) is 6.61 Å². The molecule has 0 aliphatic heterocycles. The first kappa shape index (κ1) is 13.0. The van der Waals surface area contributed by atoms with Crippen LogP contribution in [0, 0.1) is 5.92 Å². The molecule has 0 aromatic rings. The van der Waals surface area contributed by atoms with Gasteiger partial charge in [0.1, 0.15) is 0 Å². The first-order chi connectivity index (χ1) is 7.37. The van der Waals surface area contributed by atoms with Gasteiger partial charge in [-0.25, -0.2) is 9.18 Å². The molecule has 1 unspecified atom stereocenters. The summed E-state index contributed by atoms with van der Waals surface area (Å²) in [6, 6.07) is 0. The van der Waals surface area contributed by atoms with Gasteiger partial charge in [-0.2, -0.15) is 0 Å². The van der Waals surface area contributed by atoms with Crippen LogP contribution < -0.4 is 5.32 Å². The number of ether oxygens (including phenoxy) is 1. The zero-order chi connectivity index (χ0) is 12.2. The molecule has 3 nitrogen and oxygen atoms in total. The van der Waals surface area contributed by atoms with Crippen LogP contribution in [0.1, 0.15) is 40.0 Å². The number of hydrogen-bond donors (Lipinski definition) is 1. The quantitative estimate of drug-likeness (QED) is 0.789. The average molecular weight is 229 g/mol. The molecule has 1 rings (SSSR count). The van der Waals surface area contributed by atoms with E-state index in [-0.39, 0.29) is 17.3 Å². The molecule has 0 bridgehead atoms. The minimum Gasteiger partial charge on any atom is -0.449 e. The number of carbonyl (C=O) groups is 1. The summed E-state index contributed by atoms with van der Waals surface area (Å²) >= 11 is 0. The van der Waals surface area contributed by atoms with E-state index in [2.05, 4.69) is 5.32 Å². The van der Waals surface area contributed by atoms with Gasteiger partial charge in [0.2, 0.25) is 0 Å². The van der Waals surface area contributed by atoms with Gasteiger partial charge in [-0.15, -0.1) is 0 Å². The minimum absolute atomic E-state index is 0.0459. The summed E-state index contributed by atoms with van der Waals surface area (Å²) in [5.74, 6) is 0.209. The van der Waals surface area contributed by atoms with Crippen LogP contribution >= 0.6 is 0 Å². The highest BCUT2D eigenvalue weighted by atomic mass is 19.1. The van der Waals surface area contributed by atoms with E-state index >= 15 is 0 Å². The van der Waals surface area contributed by atoms with Gasteiger partial charge in [0.15, 0.2) is 0 Å². The van der Waals surface area contributed by atoms with Crippen LogP contribution in [0.25, 0.3) is 0 Å². The van der Waals surface area contributed by atoms with Crippen molar-refractivity contribution in [2.24, 2.45) is 5.92 Å². The SMILES string of the molecule is CC(C)(C)NC(=O)OCC1CC=C(F)CC1. The normalized spacial score (nSPS) is 21.2. The highest BCUT2D eigenvalue weighted by Gasteiger charge is 2.18. The van der Waals surface area contributed by atoms with Crippen LogP contribution in [-0.2, 0) is 4.74 Å². The molecule has 4 heteroatoms. The lowest BCUT2D eigenvalue weighted by molar-refractivity contribution is 0.116. The Bertz CT molecular complexity index is 281. The van der Waals surface area contributed by atoms with E-state index in [1.165, 1.54) is 0 Å². The fraction of sp³-hybridized carbons (Fsp3) is 0.750. The average Bonchev–Trinajstić information content (AvgIpc) is 2.14. The highest BCUT2D eigenvalue weighted by Crippen LogP contribution is 2.24. The van der Waals surface area contributed by atoms with E-state index in [0.29, 0.717) is 19.4 Å². The Labute approximate surface area is 96.0 Å². The third kappa shape index (κ3) is 5.14. The maximum Gasteiger partial charge on any atom is 0.407 e. The van der Waals surface area contributed by atoms with Crippen LogP contribution in [-0.4, -0.2) is 18.2 Å². The van der Waals surface area contributed by atoms with Crippen LogP contribution in [0.2, 0.25) is 0 Å². The number of amides is 1. The molecular weight excluding hydrogens is 209 g/mol. The molecule has 0 spiro atoms. The summed E-state index contributed by atoms with van der Waals surface area (Å²) in [4.78, 5) is 11.3. The van der Waals surface area contributed by atoms with Crippen LogP contribution in [0.5, 0.6) is 0 Å². The van der Waals surface area contributed by atoms with E-state index in [9.17, 15) is 9.18 Å². The summed E-state index contributed by atoms with van der Waals surface area (Å²) in [5, 5.41) is 2.72. The third-order valence-electron chi connectivity index (χ3n) is 2.39. The van der Waals surface area contributed by atoms with Crippen molar-refractivity contribution in [2.45, 2.75) is 45.6 Å². The monoisotopic (exact) mass is 229 g/mol. The molecule has 1 aliphatic rings. The van der Waals surface area contributed by atoms with E-state index in [1.54, 1.807) is 6.08 Å². The van der Waals surface area contributed by atoms with E-state index in [0.717, 1.165) is 6.42 Å². The standard InChI is InChI=1S/C12H20FNO2/c1-12(2,3)14-11(15)16-8-9-4-6-10(13)7-5-9/h6,9H,4-5,7-8H2,1-3H3,(H,14,15). The molecule has 1 amide bonds. The largest absolute Gasteiger partial charge is 0.449 e. The van der Waals surface area contributed by atoms with Crippen molar-refractivity contribution < 1.29 is 13.9 Å². The summed E-state index contributed by atoms with van der Waals surface area (Å²) in [5.41, 5.74) is -0.282. The maximum atomic E-state index is 12.7. The van der Waals surface area contributed by atoms with E-state index in [1.807, 2.05) is 20.8 Å². The number of alkyl carbamates (subject to hydrolysis) is 1. The molecule has 1 atom stereocenters. The minimum atomic E-state index is -0.400. The molecule has 16 heavy (non-hydrogen) atoms. The van der Waals surface area contributed by atoms with E-state index < -0.39 is 6.09 Å². The second-order valence-corrected chi connectivity index (χ2v) is 5.26. The number of rotatable bonds is 2. The van der Waals surface area contributed by atoms with Crippen molar-refractivity contribution in [1.29, 1.82) is 0 Å². The lowest BCUT2D eigenvalue weighted by Crippen LogP contribution is -2.41. The smallest absolute Gasteiger partial charge is 0.407 e. The number of halogens is 1. The summed E-state index contributed by atoms with van der Waals surface area (Å²) in [7, 11) is 0. The molecule has 1 N–H and O–H groups in total. The lowest BCUT2D eigenvalue weighted by atomic mass is 9.95. The topological polar surface area (TPSA) is 38.3 Å². The van der Waals surface area contributed by atoms with Crippen molar-refractivity contribution in [3.05, 3.63) is 11.9 Å². The Hall–Kier alpha value is -1.06. The van der Waals surface area contributed by atoms with Crippen molar-refractivity contribution in [1.82, 2.24) is 5.32 Å². The van der Waals surface area contributed by atoms with Gasteiger partial charge >= 0.3 is 6.09 Å². The van der Waals surface area contributed by atoms with Gasteiger partial charge in [0, 0.05) is 5.54 Å². The Kier molecular flexibility index (Phi) is 4.33. The van der Waals surface area contributed by atoms with Gasteiger partial charge in [-0.3, -0.25) is 0 Å². The lowest BCUT2D eigenvalue weighted by Gasteiger charge is -2.22. The van der Waals surface area contributed by atoms with Crippen molar-refractivity contribution in [3.8, 4) is 0 Å². The van der Waals surface area contributed by atoms with Crippen LogP contribution in [0.15, 0.2) is 11.9 Å². The summed E-state index contributed by atoms with van der Waals surface area (Å²) in [6.45, 7) is 6.05. The number of carbonyl (C=O) groups excluding carboxylic acids is 1. The fourth-order valence-corrected chi connectivity index (χ4v) is 1.54. The highest BCUT2D eigenvalue weighted by molar-refractivity contribution is 5.68. The summed E-state index contributed by atoms with van der Waals surface area (Å²) in [6.07, 6.45) is 3.07. The zero-order valence-corrected chi connectivity index (χ0v) is 10.2. The first-order valence-corrected chi connectivity index (χ1v) is 5.66. The van der Waals surface area contributed by atoms with Gasteiger partial charge in [0.25, 0.3) is 0 Å². The molecular formula is C12H20FNO2. The zero-order valence-electron chi connectivity index (χ0n) is 10.2. The molecule has 92 valence electrons. The second-order valence-electron chi connectivity index (χ2n) is 5.26. The predicted octanol–water partition coefficient (Wildman–Crippen LogP) is 3.16. The molecule has 0 heterocycles. The Balaban J connectivity index is 2.23. The van der Waals surface area contributed by atoms with Crippen molar-refractivity contribution >= 4 is 6.09 Å². The molecule has 0 aromatic carbocycles. The van der Waals surface area contributed by atoms with Crippen LogP contribution in [0.3, 0.4) is 0 Å². The third-order valence-corrected chi connectivity index (χ3v) is 2.39. The molecule has 0 saturated carbocycles. The number of nitrogens with one attached hydrogen (secondary N) is 1. The first-order valence-electron chi connectivity index (χ1n) is 5.66. The Morgan fingerprint density at radius 2 is 2.31 bits per heavy atom. The molecule has 0 radical (unpaired) electrons. The summed E-state index contributed by atoms with van der Waals surface area (Å²) < 4.78 is 17.8. The van der Waals surface area contributed by atoms with Gasteiger partial charge in [-0.05, 0) is 46.0 Å². The molecule has 0 saturated heterocycles. The molecule has 0 fully saturated rings. The maximum absolute atomic E-state index is 12.7. The molecule has 1 aliphatic carbocycles. The predicted molar refractivity (Wildman–Crippen MR) is 60.8 cm³/mol. The number of allylic oxidation sites excluding steroid dienone is 2. The second kappa shape index (κ2) is 5.32. The van der Waals surface area contributed by atoms with E-state index in [4.69, 9.17) is 4.74 Å². The number of hydrogen-bond acceptors (Lipinski definition) is 2.